The number of halogens is 1. The molecule has 1 aromatic carbocycles. The van der Waals surface area contributed by atoms with Gasteiger partial charge in [-0.05, 0) is 35.3 Å². The number of fused-ring (bicyclic) bond motifs is 1. The first kappa shape index (κ1) is 13.4. The summed E-state index contributed by atoms with van der Waals surface area (Å²) in [5.74, 6) is 0.0774. The monoisotopic (exact) mass is 330 g/mol. The average Bonchev–Trinajstić information content (AvgIpc) is 3.19. The van der Waals surface area contributed by atoms with E-state index in [1.807, 2.05) is 17.5 Å². The van der Waals surface area contributed by atoms with Crippen molar-refractivity contribution in [1.29, 1.82) is 0 Å². The molecule has 0 aliphatic carbocycles. The van der Waals surface area contributed by atoms with Gasteiger partial charge in [0.05, 0.1) is 4.88 Å². The van der Waals surface area contributed by atoms with Gasteiger partial charge in [-0.2, -0.15) is 0 Å². The van der Waals surface area contributed by atoms with Crippen LogP contribution in [0.2, 0.25) is 0 Å². The lowest BCUT2D eigenvalue weighted by atomic mass is 10.2. The van der Waals surface area contributed by atoms with E-state index in [2.05, 4.69) is 20.2 Å². The van der Waals surface area contributed by atoms with Gasteiger partial charge in [0.25, 0.3) is 11.1 Å². The number of thiophene rings is 1. The minimum Gasteiger partial charge on any atom is -0.410 e. The van der Waals surface area contributed by atoms with Crippen molar-refractivity contribution in [2.24, 2.45) is 0 Å². The standard InChI is InChI=1S/C14H7FN4OS2/c15-9-4-1-3-8-11(9)16-7-17-13(8)22-14-19-18-12(20-14)10-5-2-6-21-10/h1-7H. The fourth-order valence-corrected chi connectivity index (χ4v) is 3.33. The van der Waals surface area contributed by atoms with E-state index in [4.69, 9.17) is 4.42 Å². The van der Waals surface area contributed by atoms with Crippen molar-refractivity contribution in [1.82, 2.24) is 20.2 Å². The van der Waals surface area contributed by atoms with Crippen LogP contribution in [0, 0.1) is 5.82 Å². The minimum atomic E-state index is -0.383. The molecular formula is C14H7FN4OS2. The molecule has 4 rings (SSSR count). The van der Waals surface area contributed by atoms with Crippen LogP contribution in [-0.4, -0.2) is 20.2 Å². The van der Waals surface area contributed by atoms with Gasteiger partial charge in [-0.1, -0.05) is 12.1 Å². The van der Waals surface area contributed by atoms with Crippen LogP contribution in [0.4, 0.5) is 4.39 Å². The second-order valence-electron chi connectivity index (χ2n) is 4.27. The van der Waals surface area contributed by atoms with E-state index >= 15 is 0 Å². The summed E-state index contributed by atoms with van der Waals surface area (Å²) in [5.41, 5.74) is 0.276. The lowest BCUT2D eigenvalue weighted by Crippen LogP contribution is -1.89. The van der Waals surface area contributed by atoms with Gasteiger partial charge in [0.15, 0.2) is 0 Å². The number of hydrogen-bond donors (Lipinski definition) is 0. The van der Waals surface area contributed by atoms with Crippen LogP contribution in [0.3, 0.4) is 0 Å². The number of hydrogen-bond acceptors (Lipinski definition) is 7. The van der Waals surface area contributed by atoms with Crippen molar-refractivity contribution < 1.29 is 8.81 Å². The summed E-state index contributed by atoms with van der Waals surface area (Å²) in [7, 11) is 0. The highest BCUT2D eigenvalue weighted by Crippen LogP contribution is 2.33. The van der Waals surface area contributed by atoms with Crippen LogP contribution in [0.25, 0.3) is 21.7 Å². The maximum atomic E-state index is 13.7. The summed E-state index contributed by atoms with van der Waals surface area (Å²) in [6, 6.07) is 8.57. The second kappa shape index (κ2) is 5.47. The quantitative estimate of drug-likeness (QED) is 0.528. The molecule has 0 radical (unpaired) electrons. The predicted octanol–water partition coefficient (Wildman–Crippen LogP) is 4.03. The van der Waals surface area contributed by atoms with Crippen LogP contribution < -0.4 is 0 Å². The molecule has 3 heterocycles. The van der Waals surface area contributed by atoms with Crippen molar-refractivity contribution in [2.45, 2.75) is 10.2 Å². The molecule has 0 saturated carbocycles. The second-order valence-corrected chi connectivity index (χ2v) is 6.16. The molecule has 5 nitrogen and oxygen atoms in total. The van der Waals surface area contributed by atoms with Gasteiger partial charge in [-0.3, -0.25) is 0 Å². The zero-order chi connectivity index (χ0) is 14.9. The average molecular weight is 330 g/mol. The first-order valence-corrected chi connectivity index (χ1v) is 7.95. The first-order valence-electron chi connectivity index (χ1n) is 6.26. The Hall–Kier alpha value is -2.32. The van der Waals surface area contributed by atoms with Crippen LogP contribution >= 0.6 is 23.1 Å². The zero-order valence-corrected chi connectivity index (χ0v) is 12.6. The van der Waals surface area contributed by atoms with E-state index < -0.39 is 0 Å². The van der Waals surface area contributed by atoms with Crippen LogP contribution in [0.5, 0.6) is 0 Å². The predicted molar refractivity (Wildman–Crippen MR) is 81.2 cm³/mol. The van der Waals surface area contributed by atoms with E-state index in [0.717, 1.165) is 4.88 Å². The first-order chi connectivity index (χ1) is 10.8. The molecule has 108 valence electrons. The number of para-hydroxylation sites is 1. The Kier molecular flexibility index (Phi) is 3.32. The number of rotatable bonds is 3. The van der Waals surface area contributed by atoms with Gasteiger partial charge in [0, 0.05) is 5.39 Å². The van der Waals surface area contributed by atoms with Crippen molar-refractivity contribution in [3.05, 3.63) is 47.9 Å². The third-order valence-corrected chi connectivity index (χ3v) is 4.62. The largest absolute Gasteiger partial charge is 0.410 e. The Bertz CT molecular complexity index is 939. The minimum absolute atomic E-state index is 0.276. The molecule has 4 aromatic rings. The molecule has 3 aromatic heterocycles. The summed E-state index contributed by atoms with van der Waals surface area (Å²) in [4.78, 5) is 9.04. The molecular weight excluding hydrogens is 323 g/mol. The Morgan fingerprint density at radius 3 is 2.91 bits per heavy atom. The van der Waals surface area contributed by atoms with Crippen LogP contribution in [-0.2, 0) is 0 Å². The molecule has 0 bridgehead atoms. The molecule has 0 N–H and O–H groups in total. The zero-order valence-electron chi connectivity index (χ0n) is 10.9. The third-order valence-electron chi connectivity index (χ3n) is 2.90. The fraction of sp³-hybridized carbons (Fsp3) is 0. The van der Waals surface area contributed by atoms with Gasteiger partial charge in [-0.25, -0.2) is 14.4 Å². The van der Waals surface area contributed by atoms with Crippen molar-refractivity contribution in [3.63, 3.8) is 0 Å². The maximum Gasteiger partial charge on any atom is 0.283 e. The molecule has 0 saturated heterocycles. The van der Waals surface area contributed by atoms with Gasteiger partial charge in [0.1, 0.15) is 22.7 Å². The highest BCUT2D eigenvalue weighted by molar-refractivity contribution is 7.99. The molecule has 8 heteroatoms. The van der Waals surface area contributed by atoms with Gasteiger partial charge in [0.2, 0.25) is 0 Å². The number of aromatic nitrogens is 4. The molecule has 0 aliphatic rings. The lowest BCUT2D eigenvalue weighted by molar-refractivity contribution is 0.466. The fourth-order valence-electron chi connectivity index (χ4n) is 1.94. The SMILES string of the molecule is Fc1cccc2c(Sc3nnc(-c4cccs4)o3)ncnc12. The van der Waals surface area contributed by atoms with Crippen LogP contribution in [0.15, 0.2) is 56.7 Å². The Morgan fingerprint density at radius 2 is 2.05 bits per heavy atom. The topological polar surface area (TPSA) is 64.7 Å². The highest BCUT2D eigenvalue weighted by Gasteiger charge is 2.14. The van der Waals surface area contributed by atoms with Gasteiger partial charge >= 0.3 is 0 Å². The van der Waals surface area contributed by atoms with Gasteiger partial charge < -0.3 is 4.42 Å². The highest BCUT2D eigenvalue weighted by atomic mass is 32.2. The molecule has 0 atom stereocenters. The summed E-state index contributed by atoms with van der Waals surface area (Å²) >= 11 is 2.71. The Labute approximate surface area is 132 Å². The van der Waals surface area contributed by atoms with Crippen LogP contribution in [0.1, 0.15) is 0 Å². The summed E-state index contributed by atoms with van der Waals surface area (Å²) in [6.07, 6.45) is 1.32. The molecule has 22 heavy (non-hydrogen) atoms. The molecule has 0 amide bonds. The Morgan fingerprint density at radius 1 is 1.09 bits per heavy atom. The van der Waals surface area contributed by atoms with E-state index in [-0.39, 0.29) is 11.3 Å². The third kappa shape index (κ3) is 2.36. The number of nitrogens with zero attached hydrogens (tertiary/aromatic N) is 4. The lowest BCUT2D eigenvalue weighted by Gasteiger charge is -2.02. The summed E-state index contributed by atoms with van der Waals surface area (Å²) in [5, 5.41) is 11.5. The van der Waals surface area contributed by atoms with Crippen molar-refractivity contribution >= 4 is 34.0 Å². The Balaban J connectivity index is 1.71. The molecule has 0 spiro atoms. The van der Waals surface area contributed by atoms with Crippen molar-refractivity contribution in [3.8, 4) is 10.8 Å². The normalized spacial score (nSPS) is 11.1. The number of benzene rings is 1. The maximum absolute atomic E-state index is 13.7. The van der Waals surface area contributed by atoms with E-state index in [1.165, 1.54) is 35.5 Å². The summed E-state index contributed by atoms with van der Waals surface area (Å²) < 4.78 is 19.4. The van der Waals surface area contributed by atoms with E-state index in [1.54, 1.807) is 12.1 Å². The van der Waals surface area contributed by atoms with Crippen molar-refractivity contribution in [2.75, 3.05) is 0 Å². The van der Waals surface area contributed by atoms with E-state index in [9.17, 15) is 4.39 Å². The summed E-state index contributed by atoms with van der Waals surface area (Å²) in [6.45, 7) is 0. The molecule has 0 unspecified atom stereocenters. The smallest absolute Gasteiger partial charge is 0.283 e. The molecule has 0 aliphatic heterocycles. The van der Waals surface area contributed by atoms with E-state index in [0.29, 0.717) is 21.5 Å². The van der Waals surface area contributed by atoms with Gasteiger partial charge in [-0.15, -0.1) is 21.5 Å². The molecule has 0 fully saturated rings.